The normalized spacial score (nSPS) is 14.3. The van der Waals surface area contributed by atoms with Crippen LogP contribution < -0.4 is 4.90 Å². The van der Waals surface area contributed by atoms with E-state index in [9.17, 15) is 4.79 Å². The van der Waals surface area contributed by atoms with E-state index in [-0.39, 0.29) is 5.91 Å². The maximum Gasteiger partial charge on any atom is 0.253 e. The van der Waals surface area contributed by atoms with Gasteiger partial charge in [0.05, 0.1) is 0 Å². The monoisotopic (exact) mass is 442 g/mol. The van der Waals surface area contributed by atoms with Crippen molar-refractivity contribution in [2.75, 3.05) is 31.1 Å². The number of carbonyl (C=O) groups is 1. The number of rotatable bonds is 5. The third-order valence-corrected chi connectivity index (χ3v) is 6.40. The van der Waals surface area contributed by atoms with E-state index in [0.717, 1.165) is 61.8 Å². The fourth-order valence-corrected chi connectivity index (χ4v) is 4.49. The second-order valence-corrected chi connectivity index (χ2v) is 9.03. The molecule has 1 aliphatic heterocycles. The number of aryl methyl sites for hydroxylation is 4. The first kappa shape index (κ1) is 23.0. The number of benzene rings is 2. The minimum Gasteiger partial charge on any atom is -0.354 e. The molecule has 1 amide bonds. The second-order valence-electron chi connectivity index (χ2n) is 9.03. The van der Waals surface area contributed by atoms with E-state index >= 15 is 0 Å². The van der Waals surface area contributed by atoms with Crippen LogP contribution in [-0.2, 0) is 12.8 Å². The predicted molar refractivity (Wildman–Crippen MR) is 134 cm³/mol. The van der Waals surface area contributed by atoms with Gasteiger partial charge < -0.3 is 9.80 Å². The zero-order chi connectivity index (χ0) is 23.4. The lowest BCUT2D eigenvalue weighted by Crippen LogP contribution is -2.35. The predicted octanol–water partition coefficient (Wildman–Crippen LogP) is 4.91. The molecule has 0 N–H and O–H groups in total. The lowest BCUT2D eigenvalue weighted by Gasteiger charge is -2.26. The Morgan fingerprint density at radius 2 is 1.52 bits per heavy atom. The first-order valence-corrected chi connectivity index (χ1v) is 12.0. The molecule has 3 aromatic rings. The van der Waals surface area contributed by atoms with Gasteiger partial charge in [-0.3, -0.25) is 4.79 Å². The largest absolute Gasteiger partial charge is 0.354 e. The Morgan fingerprint density at radius 1 is 0.848 bits per heavy atom. The Hall–Kier alpha value is -3.21. The van der Waals surface area contributed by atoms with Gasteiger partial charge in [0.15, 0.2) is 0 Å². The van der Waals surface area contributed by atoms with Gasteiger partial charge in [-0.25, -0.2) is 9.97 Å². The van der Waals surface area contributed by atoms with Crippen LogP contribution in [0, 0.1) is 20.8 Å². The zero-order valence-corrected chi connectivity index (χ0v) is 20.3. The van der Waals surface area contributed by atoms with Gasteiger partial charge in [0.2, 0.25) is 0 Å². The Bertz CT molecular complexity index is 1110. The van der Waals surface area contributed by atoms with Crippen molar-refractivity contribution in [3.05, 3.63) is 87.9 Å². The van der Waals surface area contributed by atoms with E-state index < -0.39 is 0 Å². The number of nitrogens with zero attached hydrogens (tertiary/aromatic N) is 4. The summed E-state index contributed by atoms with van der Waals surface area (Å²) in [5.41, 5.74) is 6.80. The molecule has 0 saturated carbocycles. The first-order valence-electron chi connectivity index (χ1n) is 12.0. The molecule has 1 aliphatic rings. The Balaban J connectivity index is 1.58. The molecule has 0 unspecified atom stereocenters. The Kier molecular flexibility index (Phi) is 7.07. The summed E-state index contributed by atoms with van der Waals surface area (Å²) in [6, 6.07) is 16.6. The van der Waals surface area contributed by atoms with Crippen LogP contribution in [0.15, 0.2) is 48.5 Å². The van der Waals surface area contributed by atoms with Crippen molar-refractivity contribution in [1.29, 1.82) is 0 Å². The SMILES string of the molecule is CCc1nc(C)nc(N2CCCN(C(=O)c3ccc(C)cc3)CC2)c1Cc1ccc(C)cc1. The maximum absolute atomic E-state index is 13.1. The third kappa shape index (κ3) is 5.41. The molecule has 0 bridgehead atoms. The van der Waals surface area contributed by atoms with Crippen molar-refractivity contribution in [1.82, 2.24) is 14.9 Å². The maximum atomic E-state index is 13.1. The highest BCUT2D eigenvalue weighted by Gasteiger charge is 2.24. The average molecular weight is 443 g/mol. The molecule has 0 atom stereocenters. The van der Waals surface area contributed by atoms with E-state index in [1.165, 1.54) is 22.3 Å². The molecule has 0 aliphatic carbocycles. The van der Waals surface area contributed by atoms with Gasteiger partial charge in [-0.05, 0) is 51.3 Å². The molecule has 2 aromatic carbocycles. The fraction of sp³-hybridized carbons (Fsp3) is 0.393. The van der Waals surface area contributed by atoms with Crippen LogP contribution in [0.5, 0.6) is 0 Å². The molecule has 33 heavy (non-hydrogen) atoms. The van der Waals surface area contributed by atoms with Crippen molar-refractivity contribution in [3.63, 3.8) is 0 Å². The highest BCUT2D eigenvalue weighted by atomic mass is 16.2. The van der Waals surface area contributed by atoms with Crippen LogP contribution in [0.3, 0.4) is 0 Å². The molecular formula is C28H34N4O. The number of aromatic nitrogens is 2. The second kappa shape index (κ2) is 10.2. The van der Waals surface area contributed by atoms with E-state index in [1.807, 2.05) is 43.0 Å². The summed E-state index contributed by atoms with van der Waals surface area (Å²) >= 11 is 0. The van der Waals surface area contributed by atoms with Crippen molar-refractivity contribution in [2.45, 2.75) is 47.0 Å². The molecule has 1 saturated heterocycles. The van der Waals surface area contributed by atoms with Crippen molar-refractivity contribution in [2.24, 2.45) is 0 Å². The van der Waals surface area contributed by atoms with Gasteiger partial charge >= 0.3 is 0 Å². The molecule has 0 spiro atoms. The number of hydrogen-bond donors (Lipinski definition) is 0. The molecule has 5 nitrogen and oxygen atoms in total. The van der Waals surface area contributed by atoms with Crippen LogP contribution >= 0.6 is 0 Å². The smallest absolute Gasteiger partial charge is 0.253 e. The molecule has 172 valence electrons. The van der Waals surface area contributed by atoms with Crippen LogP contribution in [-0.4, -0.2) is 47.0 Å². The summed E-state index contributed by atoms with van der Waals surface area (Å²) in [6.07, 6.45) is 2.62. The number of carbonyl (C=O) groups excluding carboxylic acids is 1. The average Bonchev–Trinajstić information content (AvgIpc) is 3.07. The van der Waals surface area contributed by atoms with E-state index in [2.05, 4.69) is 43.0 Å². The Morgan fingerprint density at radius 3 is 2.18 bits per heavy atom. The summed E-state index contributed by atoms with van der Waals surface area (Å²) in [5.74, 6) is 1.96. The lowest BCUT2D eigenvalue weighted by molar-refractivity contribution is 0.0767. The van der Waals surface area contributed by atoms with Gasteiger partial charge in [0.1, 0.15) is 11.6 Å². The van der Waals surface area contributed by atoms with Gasteiger partial charge in [-0.15, -0.1) is 0 Å². The topological polar surface area (TPSA) is 49.3 Å². The summed E-state index contributed by atoms with van der Waals surface area (Å²) in [7, 11) is 0. The first-order chi connectivity index (χ1) is 15.9. The molecular weight excluding hydrogens is 408 g/mol. The van der Waals surface area contributed by atoms with Crippen molar-refractivity contribution >= 4 is 11.7 Å². The summed E-state index contributed by atoms with van der Waals surface area (Å²) in [6.45, 7) is 11.4. The van der Waals surface area contributed by atoms with Crippen molar-refractivity contribution < 1.29 is 4.79 Å². The zero-order valence-electron chi connectivity index (χ0n) is 20.3. The molecule has 5 heteroatoms. The summed E-state index contributed by atoms with van der Waals surface area (Å²) in [4.78, 5) is 27.1. The quantitative estimate of drug-likeness (QED) is 0.563. The molecule has 0 radical (unpaired) electrons. The van der Waals surface area contributed by atoms with Gasteiger partial charge in [0.25, 0.3) is 5.91 Å². The lowest BCUT2D eigenvalue weighted by atomic mass is 10.0. The van der Waals surface area contributed by atoms with E-state index in [1.54, 1.807) is 0 Å². The van der Waals surface area contributed by atoms with Crippen LogP contribution in [0.4, 0.5) is 5.82 Å². The fourth-order valence-electron chi connectivity index (χ4n) is 4.49. The standard InChI is InChI=1S/C28H34N4O/c1-5-26-25(19-23-11-7-20(2)8-12-23)27(30-22(4)29-26)31-15-6-16-32(18-17-31)28(33)24-13-9-21(3)10-14-24/h7-14H,5-6,15-19H2,1-4H3. The highest BCUT2D eigenvalue weighted by molar-refractivity contribution is 5.94. The number of anilines is 1. The van der Waals surface area contributed by atoms with Gasteiger partial charge in [-0.2, -0.15) is 0 Å². The summed E-state index contributed by atoms with van der Waals surface area (Å²) < 4.78 is 0. The summed E-state index contributed by atoms with van der Waals surface area (Å²) in [5, 5.41) is 0. The molecule has 1 aromatic heterocycles. The molecule has 1 fully saturated rings. The van der Waals surface area contributed by atoms with Crippen LogP contribution in [0.2, 0.25) is 0 Å². The highest BCUT2D eigenvalue weighted by Crippen LogP contribution is 2.26. The van der Waals surface area contributed by atoms with Gasteiger partial charge in [-0.1, -0.05) is 54.4 Å². The van der Waals surface area contributed by atoms with Crippen LogP contribution in [0.25, 0.3) is 0 Å². The minimum atomic E-state index is 0.116. The number of amides is 1. The molecule has 2 heterocycles. The third-order valence-electron chi connectivity index (χ3n) is 6.40. The molecule has 4 rings (SSSR count). The van der Waals surface area contributed by atoms with Gasteiger partial charge in [0, 0.05) is 49.4 Å². The van der Waals surface area contributed by atoms with E-state index in [0.29, 0.717) is 6.54 Å². The van der Waals surface area contributed by atoms with E-state index in [4.69, 9.17) is 9.97 Å². The Labute approximate surface area is 197 Å². The van der Waals surface area contributed by atoms with Crippen molar-refractivity contribution in [3.8, 4) is 0 Å². The van der Waals surface area contributed by atoms with Crippen LogP contribution in [0.1, 0.15) is 57.5 Å². The minimum absolute atomic E-state index is 0.116. The number of hydrogen-bond acceptors (Lipinski definition) is 4.